The van der Waals surface area contributed by atoms with Gasteiger partial charge in [-0.3, -0.25) is 4.79 Å². The van der Waals surface area contributed by atoms with Gasteiger partial charge in [0.2, 0.25) is 0 Å². The van der Waals surface area contributed by atoms with Gasteiger partial charge in [0.25, 0.3) is 0 Å². The number of ether oxygens (including phenoxy) is 1. The standard InChI is InChI=1S/C12H13ClO2/c13-11-5-3-9(4-6-11)12(14)10-2-1-7-15-8-10/h3-6,10H,1-2,7-8H2. The summed E-state index contributed by atoms with van der Waals surface area (Å²) in [6.07, 6.45) is 1.91. The van der Waals surface area contributed by atoms with Crippen molar-refractivity contribution in [3.05, 3.63) is 34.9 Å². The van der Waals surface area contributed by atoms with E-state index in [1.165, 1.54) is 0 Å². The van der Waals surface area contributed by atoms with E-state index < -0.39 is 0 Å². The molecule has 0 saturated carbocycles. The van der Waals surface area contributed by atoms with Crippen molar-refractivity contribution in [2.75, 3.05) is 13.2 Å². The molecule has 0 amide bonds. The van der Waals surface area contributed by atoms with Crippen molar-refractivity contribution in [3.63, 3.8) is 0 Å². The largest absolute Gasteiger partial charge is 0.381 e. The molecule has 1 unspecified atom stereocenters. The lowest BCUT2D eigenvalue weighted by Crippen LogP contribution is -2.25. The van der Waals surface area contributed by atoms with E-state index in [4.69, 9.17) is 16.3 Å². The number of rotatable bonds is 2. The maximum atomic E-state index is 12.0. The SMILES string of the molecule is O=C(c1ccc(Cl)cc1)C1CCCOC1. The number of benzene rings is 1. The molecule has 1 aliphatic heterocycles. The van der Waals surface area contributed by atoms with Crippen molar-refractivity contribution in [2.24, 2.45) is 5.92 Å². The van der Waals surface area contributed by atoms with Crippen molar-refractivity contribution in [1.29, 1.82) is 0 Å². The van der Waals surface area contributed by atoms with Gasteiger partial charge in [0.1, 0.15) is 0 Å². The maximum absolute atomic E-state index is 12.0. The summed E-state index contributed by atoms with van der Waals surface area (Å²) >= 11 is 5.77. The predicted octanol–water partition coefficient (Wildman–Crippen LogP) is 2.95. The highest BCUT2D eigenvalue weighted by molar-refractivity contribution is 6.30. The first-order chi connectivity index (χ1) is 7.27. The topological polar surface area (TPSA) is 26.3 Å². The quantitative estimate of drug-likeness (QED) is 0.722. The van der Waals surface area contributed by atoms with Crippen LogP contribution in [-0.2, 0) is 4.74 Å². The zero-order chi connectivity index (χ0) is 10.7. The fourth-order valence-electron chi connectivity index (χ4n) is 1.80. The first-order valence-corrected chi connectivity index (χ1v) is 5.52. The lowest BCUT2D eigenvalue weighted by molar-refractivity contribution is 0.0461. The fraction of sp³-hybridized carbons (Fsp3) is 0.417. The van der Waals surface area contributed by atoms with Crippen LogP contribution in [0.15, 0.2) is 24.3 Å². The van der Waals surface area contributed by atoms with Crippen LogP contribution in [0, 0.1) is 5.92 Å². The molecular formula is C12H13ClO2. The monoisotopic (exact) mass is 224 g/mol. The van der Waals surface area contributed by atoms with Gasteiger partial charge < -0.3 is 4.74 Å². The first-order valence-electron chi connectivity index (χ1n) is 5.15. The highest BCUT2D eigenvalue weighted by atomic mass is 35.5. The van der Waals surface area contributed by atoms with Crippen LogP contribution >= 0.6 is 11.6 Å². The summed E-state index contributed by atoms with van der Waals surface area (Å²) in [7, 11) is 0. The Morgan fingerprint density at radius 3 is 2.67 bits per heavy atom. The normalized spacial score (nSPS) is 21.3. The van der Waals surface area contributed by atoms with Crippen molar-refractivity contribution < 1.29 is 9.53 Å². The van der Waals surface area contributed by atoms with Crippen LogP contribution in [0.2, 0.25) is 5.02 Å². The van der Waals surface area contributed by atoms with Crippen molar-refractivity contribution >= 4 is 17.4 Å². The molecule has 2 rings (SSSR count). The zero-order valence-electron chi connectivity index (χ0n) is 8.41. The van der Waals surface area contributed by atoms with Crippen LogP contribution in [0.3, 0.4) is 0 Å². The fourth-order valence-corrected chi connectivity index (χ4v) is 1.92. The second kappa shape index (κ2) is 4.77. The molecule has 2 nitrogen and oxygen atoms in total. The van der Waals surface area contributed by atoms with E-state index in [1.807, 2.05) is 0 Å². The van der Waals surface area contributed by atoms with Gasteiger partial charge in [-0.25, -0.2) is 0 Å². The Morgan fingerprint density at radius 2 is 2.07 bits per heavy atom. The third-order valence-corrected chi connectivity index (χ3v) is 2.91. The molecule has 15 heavy (non-hydrogen) atoms. The van der Waals surface area contributed by atoms with Gasteiger partial charge in [-0.2, -0.15) is 0 Å². The van der Waals surface area contributed by atoms with Gasteiger partial charge >= 0.3 is 0 Å². The van der Waals surface area contributed by atoms with Gasteiger partial charge in [0, 0.05) is 23.1 Å². The minimum absolute atomic E-state index is 0.0277. The molecule has 0 spiro atoms. The third-order valence-electron chi connectivity index (χ3n) is 2.66. The molecule has 0 N–H and O–H groups in total. The molecule has 0 aromatic heterocycles. The van der Waals surface area contributed by atoms with E-state index in [-0.39, 0.29) is 11.7 Å². The van der Waals surface area contributed by atoms with Crippen LogP contribution in [0.1, 0.15) is 23.2 Å². The summed E-state index contributed by atoms with van der Waals surface area (Å²) in [5.41, 5.74) is 0.731. The lowest BCUT2D eigenvalue weighted by atomic mass is 9.93. The zero-order valence-corrected chi connectivity index (χ0v) is 9.17. The van der Waals surface area contributed by atoms with E-state index in [1.54, 1.807) is 24.3 Å². The smallest absolute Gasteiger partial charge is 0.168 e. The minimum Gasteiger partial charge on any atom is -0.381 e. The summed E-state index contributed by atoms with van der Waals surface area (Å²) < 4.78 is 5.30. The number of carbonyl (C=O) groups is 1. The van der Waals surface area contributed by atoms with Gasteiger partial charge in [-0.15, -0.1) is 0 Å². The Hall–Kier alpha value is -0.860. The van der Waals surface area contributed by atoms with E-state index in [9.17, 15) is 4.79 Å². The van der Waals surface area contributed by atoms with Gasteiger partial charge in [-0.05, 0) is 37.1 Å². The average molecular weight is 225 g/mol. The van der Waals surface area contributed by atoms with E-state index in [0.717, 1.165) is 25.0 Å². The average Bonchev–Trinajstić information content (AvgIpc) is 2.30. The van der Waals surface area contributed by atoms with Crippen molar-refractivity contribution in [3.8, 4) is 0 Å². The second-order valence-corrected chi connectivity index (χ2v) is 4.22. The molecule has 1 aromatic rings. The number of carbonyl (C=O) groups excluding carboxylic acids is 1. The van der Waals surface area contributed by atoms with E-state index in [2.05, 4.69) is 0 Å². The van der Waals surface area contributed by atoms with Crippen molar-refractivity contribution in [2.45, 2.75) is 12.8 Å². The highest BCUT2D eigenvalue weighted by Gasteiger charge is 2.22. The number of ketones is 1. The third kappa shape index (κ3) is 2.58. The number of halogens is 1. The van der Waals surface area contributed by atoms with Crippen LogP contribution in [0.5, 0.6) is 0 Å². The van der Waals surface area contributed by atoms with Crippen molar-refractivity contribution in [1.82, 2.24) is 0 Å². The van der Waals surface area contributed by atoms with Crippen LogP contribution < -0.4 is 0 Å². The molecule has 1 atom stereocenters. The van der Waals surface area contributed by atoms with E-state index >= 15 is 0 Å². The summed E-state index contributed by atoms with van der Waals surface area (Å²) in [6, 6.07) is 7.05. The Balaban J connectivity index is 2.09. The molecule has 0 bridgehead atoms. The van der Waals surface area contributed by atoms with Gasteiger partial charge in [0.05, 0.1) is 6.61 Å². The Bertz CT molecular complexity index is 339. The molecule has 0 aliphatic carbocycles. The highest BCUT2D eigenvalue weighted by Crippen LogP contribution is 2.20. The van der Waals surface area contributed by atoms with Gasteiger partial charge in [-0.1, -0.05) is 11.6 Å². The predicted molar refractivity (Wildman–Crippen MR) is 59.3 cm³/mol. The molecule has 1 aliphatic rings. The maximum Gasteiger partial charge on any atom is 0.168 e. The van der Waals surface area contributed by atoms with E-state index in [0.29, 0.717) is 11.6 Å². The minimum atomic E-state index is 0.0277. The molecule has 80 valence electrons. The molecule has 0 radical (unpaired) electrons. The number of hydrogen-bond donors (Lipinski definition) is 0. The van der Waals surface area contributed by atoms with Crippen LogP contribution in [0.4, 0.5) is 0 Å². The summed E-state index contributed by atoms with van der Waals surface area (Å²) in [5.74, 6) is 0.200. The second-order valence-electron chi connectivity index (χ2n) is 3.79. The first kappa shape index (κ1) is 10.7. The van der Waals surface area contributed by atoms with Crippen LogP contribution in [-0.4, -0.2) is 19.0 Å². The number of hydrogen-bond acceptors (Lipinski definition) is 2. The molecule has 1 aromatic carbocycles. The van der Waals surface area contributed by atoms with Gasteiger partial charge in [0.15, 0.2) is 5.78 Å². The molecular weight excluding hydrogens is 212 g/mol. The summed E-state index contributed by atoms with van der Waals surface area (Å²) in [4.78, 5) is 12.0. The summed E-state index contributed by atoms with van der Waals surface area (Å²) in [5, 5.41) is 0.659. The Labute approximate surface area is 94.2 Å². The molecule has 1 heterocycles. The summed E-state index contributed by atoms with van der Waals surface area (Å²) in [6.45, 7) is 1.34. The molecule has 1 saturated heterocycles. The number of Topliss-reactive ketones (excluding diaryl/α,β-unsaturated/α-hetero) is 1. The molecule has 1 fully saturated rings. The lowest BCUT2D eigenvalue weighted by Gasteiger charge is -2.20. The Kier molecular flexibility index (Phi) is 3.39. The molecule has 3 heteroatoms. The Morgan fingerprint density at radius 1 is 1.33 bits per heavy atom. The van der Waals surface area contributed by atoms with Crippen LogP contribution in [0.25, 0.3) is 0 Å².